The quantitative estimate of drug-likeness (QED) is 0.793. The van der Waals surface area contributed by atoms with Gasteiger partial charge in [0.05, 0.1) is 11.7 Å². The molecule has 0 saturated heterocycles. The Balaban J connectivity index is 2.01. The molecule has 0 bridgehead atoms. The van der Waals surface area contributed by atoms with Gasteiger partial charge in [0.25, 0.3) is 0 Å². The highest BCUT2D eigenvalue weighted by Gasteiger charge is 2.26. The first kappa shape index (κ1) is 13.6. The Hall–Kier alpha value is -0.860. The van der Waals surface area contributed by atoms with Crippen LogP contribution in [-0.4, -0.2) is 18.2 Å². The molecule has 100 valence electrons. The van der Waals surface area contributed by atoms with Gasteiger partial charge < -0.3 is 10.1 Å². The summed E-state index contributed by atoms with van der Waals surface area (Å²) >= 11 is 0. The monoisotopic (exact) mass is 247 g/mol. The van der Waals surface area contributed by atoms with Crippen LogP contribution < -0.4 is 5.32 Å². The molecule has 0 spiro atoms. The van der Waals surface area contributed by atoms with Crippen LogP contribution in [0, 0.1) is 0 Å². The van der Waals surface area contributed by atoms with E-state index in [2.05, 4.69) is 56.4 Å². The van der Waals surface area contributed by atoms with Crippen molar-refractivity contribution in [3.63, 3.8) is 0 Å². The predicted octanol–water partition coefficient (Wildman–Crippen LogP) is 3.68. The molecule has 2 rings (SSSR count). The summed E-state index contributed by atoms with van der Waals surface area (Å²) in [5, 5.41) is 3.58. The predicted molar refractivity (Wildman–Crippen MR) is 75.7 cm³/mol. The molecule has 18 heavy (non-hydrogen) atoms. The Bertz CT molecular complexity index is 357. The highest BCUT2D eigenvalue weighted by atomic mass is 16.5. The molecule has 1 saturated carbocycles. The number of hydrogen-bond acceptors (Lipinski definition) is 2. The minimum absolute atomic E-state index is 0.0638. The van der Waals surface area contributed by atoms with Crippen molar-refractivity contribution in [2.24, 2.45) is 0 Å². The molecule has 1 aliphatic rings. The van der Waals surface area contributed by atoms with Crippen LogP contribution in [-0.2, 0) is 4.74 Å². The van der Waals surface area contributed by atoms with Crippen molar-refractivity contribution in [2.45, 2.75) is 57.8 Å². The largest absolute Gasteiger partial charge is 0.366 e. The summed E-state index contributed by atoms with van der Waals surface area (Å²) in [4.78, 5) is 0. The van der Waals surface area contributed by atoms with Gasteiger partial charge in [-0.2, -0.15) is 0 Å². The second-order valence-corrected chi connectivity index (χ2v) is 5.81. The number of benzene rings is 1. The second-order valence-electron chi connectivity index (χ2n) is 5.81. The molecule has 1 aliphatic carbocycles. The maximum absolute atomic E-state index is 6.29. The first-order valence-corrected chi connectivity index (χ1v) is 7.07. The van der Waals surface area contributed by atoms with Crippen LogP contribution in [0.1, 0.15) is 51.7 Å². The fourth-order valence-corrected chi connectivity index (χ4v) is 1.92. The summed E-state index contributed by atoms with van der Waals surface area (Å²) in [6.45, 7) is 7.43. The minimum atomic E-state index is -0.0638. The zero-order valence-corrected chi connectivity index (χ0v) is 11.8. The Morgan fingerprint density at radius 1 is 1.28 bits per heavy atom. The molecule has 0 aliphatic heterocycles. The van der Waals surface area contributed by atoms with Crippen LogP contribution in [0.2, 0.25) is 0 Å². The topological polar surface area (TPSA) is 21.3 Å². The zero-order valence-electron chi connectivity index (χ0n) is 11.8. The van der Waals surface area contributed by atoms with Gasteiger partial charge in [-0.15, -0.1) is 0 Å². The van der Waals surface area contributed by atoms with E-state index in [0.717, 1.165) is 19.0 Å². The van der Waals surface area contributed by atoms with E-state index in [-0.39, 0.29) is 11.7 Å². The summed E-state index contributed by atoms with van der Waals surface area (Å²) < 4.78 is 6.29. The van der Waals surface area contributed by atoms with Gasteiger partial charge in [-0.05, 0) is 38.7 Å². The van der Waals surface area contributed by atoms with Crippen molar-refractivity contribution >= 4 is 0 Å². The van der Waals surface area contributed by atoms with Crippen molar-refractivity contribution in [1.82, 2.24) is 5.32 Å². The van der Waals surface area contributed by atoms with Crippen molar-refractivity contribution in [3.8, 4) is 0 Å². The summed E-state index contributed by atoms with van der Waals surface area (Å²) in [6, 6.07) is 11.3. The summed E-state index contributed by atoms with van der Waals surface area (Å²) in [5.41, 5.74) is 1.21. The van der Waals surface area contributed by atoms with E-state index < -0.39 is 0 Å². The van der Waals surface area contributed by atoms with E-state index in [1.165, 1.54) is 18.4 Å². The van der Waals surface area contributed by atoms with E-state index in [4.69, 9.17) is 4.74 Å². The molecule has 1 N–H and O–H groups in total. The lowest BCUT2D eigenvalue weighted by Crippen LogP contribution is -2.32. The van der Waals surface area contributed by atoms with E-state index in [1.807, 2.05) is 0 Å². The molecule has 1 fully saturated rings. The minimum Gasteiger partial charge on any atom is -0.366 e. The van der Waals surface area contributed by atoms with Crippen molar-refractivity contribution < 1.29 is 4.74 Å². The average Bonchev–Trinajstić information content (AvgIpc) is 3.19. The maximum Gasteiger partial charge on any atom is 0.0956 e. The van der Waals surface area contributed by atoms with Crippen LogP contribution in [0.5, 0.6) is 0 Å². The lowest BCUT2D eigenvalue weighted by atomic mass is 10.0. The molecule has 0 heterocycles. The number of hydrogen-bond donors (Lipinski definition) is 1. The van der Waals surface area contributed by atoms with Crippen molar-refractivity contribution in [3.05, 3.63) is 35.9 Å². The summed E-state index contributed by atoms with van der Waals surface area (Å²) in [6.07, 6.45) is 3.82. The average molecular weight is 247 g/mol. The van der Waals surface area contributed by atoms with Crippen LogP contribution in [0.25, 0.3) is 0 Å². The second kappa shape index (κ2) is 5.85. The molecule has 2 heteroatoms. The Morgan fingerprint density at radius 2 is 1.94 bits per heavy atom. The maximum atomic E-state index is 6.29. The first-order chi connectivity index (χ1) is 8.61. The van der Waals surface area contributed by atoms with Gasteiger partial charge >= 0.3 is 0 Å². The third-order valence-corrected chi connectivity index (χ3v) is 3.65. The van der Waals surface area contributed by atoms with E-state index >= 15 is 0 Å². The highest BCUT2D eigenvalue weighted by molar-refractivity contribution is 5.18. The van der Waals surface area contributed by atoms with E-state index in [1.54, 1.807) is 0 Å². The molecule has 2 nitrogen and oxygen atoms in total. The van der Waals surface area contributed by atoms with Crippen LogP contribution in [0.4, 0.5) is 0 Å². The molecule has 0 amide bonds. The van der Waals surface area contributed by atoms with Gasteiger partial charge in [-0.1, -0.05) is 37.3 Å². The lowest BCUT2D eigenvalue weighted by molar-refractivity contribution is -0.0745. The lowest BCUT2D eigenvalue weighted by Gasteiger charge is -2.30. The van der Waals surface area contributed by atoms with Crippen LogP contribution in [0.15, 0.2) is 30.3 Å². The normalized spacial score (nSPS) is 17.7. The summed E-state index contributed by atoms with van der Waals surface area (Å²) in [5.74, 6) is 0. The van der Waals surface area contributed by atoms with Gasteiger partial charge in [0.1, 0.15) is 0 Å². The molecule has 1 atom stereocenters. The number of nitrogens with one attached hydrogen (secondary N) is 1. The number of ether oxygens (including phenoxy) is 1. The van der Waals surface area contributed by atoms with Gasteiger partial charge in [0.15, 0.2) is 0 Å². The third-order valence-electron chi connectivity index (χ3n) is 3.65. The van der Waals surface area contributed by atoms with Gasteiger partial charge in [0.2, 0.25) is 0 Å². The van der Waals surface area contributed by atoms with Crippen LogP contribution >= 0.6 is 0 Å². The van der Waals surface area contributed by atoms with E-state index in [9.17, 15) is 0 Å². The van der Waals surface area contributed by atoms with E-state index in [0.29, 0.717) is 0 Å². The standard InChI is InChI=1S/C16H25NO/c1-4-16(2,3)18-15(12-17-14-10-11-14)13-8-6-5-7-9-13/h5-9,14-15,17H,4,10-12H2,1-3H3. The first-order valence-electron chi connectivity index (χ1n) is 7.07. The molecular formula is C16H25NO. The molecule has 1 aromatic carbocycles. The number of rotatable bonds is 7. The van der Waals surface area contributed by atoms with Gasteiger partial charge in [0, 0.05) is 12.6 Å². The zero-order chi connectivity index (χ0) is 13.0. The third kappa shape index (κ3) is 4.11. The van der Waals surface area contributed by atoms with Crippen LogP contribution in [0.3, 0.4) is 0 Å². The highest BCUT2D eigenvalue weighted by Crippen LogP contribution is 2.27. The Labute approximate surface area is 111 Å². The fraction of sp³-hybridized carbons (Fsp3) is 0.625. The van der Waals surface area contributed by atoms with Gasteiger partial charge in [-0.25, -0.2) is 0 Å². The molecule has 1 unspecified atom stereocenters. The van der Waals surface area contributed by atoms with Gasteiger partial charge in [-0.3, -0.25) is 0 Å². The summed E-state index contributed by atoms with van der Waals surface area (Å²) in [7, 11) is 0. The molecule has 1 aromatic rings. The molecular weight excluding hydrogens is 222 g/mol. The molecule has 0 radical (unpaired) electrons. The fourth-order valence-electron chi connectivity index (χ4n) is 1.92. The van der Waals surface area contributed by atoms with Crippen molar-refractivity contribution in [1.29, 1.82) is 0 Å². The molecule has 0 aromatic heterocycles. The Kier molecular flexibility index (Phi) is 4.41. The van der Waals surface area contributed by atoms with Crippen molar-refractivity contribution in [2.75, 3.05) is 6.54 Å². The SMILES string of the molecule is CCC(C)(C)OC(CNC1CC1)c1ccccc1. The Morgan fingerprint density at radius 3 is 2.50 bits per heavy atom. The smallest absolute Gasteiger partial charge is 0.0956 e.